The highest BCUT2D eigenvalue weighted by molar-refractivity contribution is 5.85. The van der Waals surface area contributed by atoms with Crippen molar-refractivity contribution in [2.45, 2.75) is 18.9 Å². The summed E-state index contributed by atoms with van der Waals surface area (Å²) >= 11 is 0. The fourth-order valence-corrected chi connectivity index (χ4v) is 2.43. The molecular weight excluding hydrogens is 309 g/mol. The van der Waals surface area contributed by atoms with Crippen molar-refractivity contribution in [3.05, 3.63) is 35.9 Å². The van der Waals surface area contributed by atoms with Crippen molar-refractivity contribution in [1.82, 2.24) is 10.2 Å². The van der Waals surface area contributed by atoms with Crippen LogP contribution >= 0.6 is 24.8 Å². The highest BCUT2D eigenvalue weighted by atomic mass is 35.5. The van der Waals surface area contributed by atoms with E-state index in [4.69, 9.17) is 5.73 Å². The van der Waals surface area contributed by atoms with Crippen LogP contribution in [0.15, 0.2) is 30.3 Å². The van der Waals surface area contributed by atoms with E-state index in [-0.39, 0.29) is 30.7 Å². The summed E-state index contributed by atoms with van der Waals surface area (Å²) in [7, 11) is 2.14. The molecule has 3 N–H and O–H groups in total. The predicted octanol–water partition coefficient (Wildman–Crippen LogP) is 1.99. The van der Waals surface area contributed by atoms with Crippen LogP contribution in [0.4, 0.5) is 0 Å². The van der Waals surface area contributed by atoms with Gasteiger partial charge in [0.05, 0.1) is 0 Å². The molecular formula is C15H25Cl2N3O. The molecule has 1 aliphatic rings. The zero-order chi connectivity index (χ0) is 13.7. The molecule has 1 aromatic rings. The van der Waals surface area contributed by atoms with Gasteiger partial charge in [-0.3, -0.25) is 4.79 Å². The number of benzene rings is 1. The highest BCUT2D eigenvalue weighted by Gasteiger charge is 2.19. The Kier molecular flexibility index (Phi) is 9.62. The van der Waals surface area contributed by atoms with Gasteiger partial charge in [0.1, 0.15) is 6.04 Å². The van der Waals surface area contributed by atoms with Crippen LogP contribution in [-0.4, -0.2) is 37.5 Å². The molecule has 4 nitrogen and oxygen atoms in total. The second kappa shape index (κ2) is 10.0. The summed E-state index contributed by atoms with van der Waals surface area (Å²) in [6.45, 7) is 2.98. The average molecular weight is 334 g/mol. The fraction of sp³-hybridized carbons (Fsp3) is 0.533. The van der Waals surface area contributed by atoms with E-state index >= 15 is 0 Å². The first kappa shape index (κ1) is 20.2. The standard InChI is InChI=1S/C15H23N3O.2ClH/c1-18-9-7-12(8-10-18)11-17-15(19)14(16)13-5-3-2-4-6-13;;/h2-6,12,14H,7-11,16H2,1H3,(H,17,19);2*1H. The monoisotopic (exact) mass is 333 g/mol. The van der Waals surface area contributed by atoms with Gasteiger partial charge >= 0.3 is 0 Å². The van der Waals surface area contributed by atoms with E-state index < -0.39 is 6.04 Å². The summed E-state index contributed by atoms with van der Waals surface area (Å²) < 4.78 is 0. The Morgan fingerprint density at radius 1 is 1.29 bits per heavy atom. The predicted molar refractivity (Wildman–Crippen MR) is 91.1 cm³/mol. The van der Waals surface area contributed by atoms with Crippen LogP contribution in [-0.2, 0) is 4.79 Å². The topological polar surface area (TPSA) is 58.4 Å². The number of halogens is 2. The highest BCUT2D eigenvalue weighted by Crippen LogP contribution is 2.15. The zero-order valence-electron chi connectivity index (χ0n) is 12.3. The van der Waals surface area contributed by atoms with Crippen LogP contribution in [0, 0.1) is 5.92 Å². The number of likely N-dealkylation sites (tertiary alicyclic amines) is 1. The molecule has 0 radical (unpaired) electrons. The minimum absolute atomic E-state index is 0. The maximum absolute atomic E-state index is 12.0. The summed E-state index contributed by atoms with van der Waals surface area (Å²) in [6.07, 6.45) is 2.30. The molecule has 120 valence electrons. The van der Waals surface area contributed by atoms with E-state index in [2.05, 4.69) is 17.3 Å². The molecule has 6 heteroatoms. The van der Waals surface area contributed by atoms with E-state index in [1.807, 2.05) is 30.3 Å². The molecule has 0 bridgehead atoms. The Morgan fingerprint density at radius 2 is 1.86 bits per heavy atom. The molecule has 1 aliphatic heterocycles. The summed E-state index contributed by atoms with van der Waals surface area (Å²) in [4.78, 5) is 14.3. The molecule has 0 saturated carbocycles. The number of nitrogens with one attached hydrogen (secondary N) is 1. The van der Waals surface area contributed by atoms with Gasteiger partial charge in [0.2, 0.25) is 5.91 Å². The second-order valence-corrected chi connectivity index (χ2v) is 5.38. The molecule has 1 saturated heterocycles. The van der Waals surface area contributed by atoms with Gasteiger partial charge in [-0.05, 0) is 44.5 Å². The first-order valence-corrected chi connectivity index (χ1v) is 6.93. The maximum Gasteiger partial charge on any atom is 0.241 e. The van der Waals surface area contributed by atoms with Gasteiger partial charge in [-0.15, -0.1) is 24.8 Å². The Balaban J connectivity index is 0.00000200. The van der Waals surface area contributed by atoms with E-state index in [0.717, 1.165) is 38.0 Å². The molecule has 0 aromatic heterocycles. The maximum atomic E-state index is 12.0. The molecule has 2 rings (SSSR count). The molecule has 1 unspecified atom stereocenters. The smallest absolute Gasteiger partial charge is 0.241 e. The number of carbonyl (C=O) groups excluding carboxylic acids is 1. The number of carbonyl (C=O) groups is 1. The molecule has 0 spiro atoms. The van der Waals surface area contributed by atoms with Crippen LogP contribution in [0.3, 0.4) is 0 Å². The largest absolute Gasteiger partial charge is 0.354 e. The Labute approximate surface area is 139 Å². The van der Waals surface area contributed by atoms with Crippen LogP contribution < -0.4 is 11.1 Å². The molecule has 1 aromatic carbocycles. The first-order chi connectivity index (χ1) is 9.16. The zero-order valence-corrected chi connectivity index (χ0v) is 14.0. The molecule has 1 amide bonds. The van der Waals surface area contributed by atoms with Gasteiger partial charge in [-0.25, -0.2) is 0 Å². The van der Waals surface area contributed by atoms with Crippen molar-refractivity contribution >= 4 is 30.7 Å². The van der Waals surface area contributed by atoms with Crippen LogP contribution in [0.5, 0.6) is 0 Å². The molecule has 21 heavy (non-hydrogen) atoms. The summed E-state index contributed by atoms with van der Waals surface area (Å²) in [5, 5.41) is 2.98. The lowest BCUT2D eigenvalue weighted by molar-refractivity contribution is -0.122. The van der Waals surface area contributed by atoms with Crippen LogP contribution in [0.25, 0.3) is 0 Å². The van der Waals surface area contributed by atoms with Crippen molar-refractivity contribution in [3.63, 3.8) is 0 Å². The number of nitrogens with two attached hydrogens (primary N) is 1. The third kappa shape index (κ3) is 6.22. The average Bonchev–Trinajstić information content (AvgIpc) is 2.46. The SMILES string of the molecule is CN1CCC(CNC(=O)C(N)c2ccccc2)CC1.Cl.Cl. The van der Waals surface area contributed by atoms with Gasteiger partial charge in [-0.2, -0.15) is 0 Å². The number of piperidine rings is 1. The van der Waals surface area contributed by atoms with Crippen LogP contribution in [0.1, 0.15) is 24.4 Å². The van der Waals surface area contributed by atoms with Gasteiger partial charge in [0.15, 0.2) is 0 Å². The van der Waals surface area contributed by atoms with Gasteiger partial charge in [0.25, 0.3) is 0 Å². The molecule has 1 atom stereocenters. The van der Waals surface area contributed by atoms with Gasteiger partial charge < -0.3 is 16.0 Å². The fourth-order valence-electron chi connectivity index (χ4n) is 2.43. The van der Waals surface area contributed by atoms with Crippen molar-refractivity contribution in [1.29, 1.82) is 0 Å². The Bertz CT molecular complexity index is 409. The van der Waals surface area contributed by atoms with E-state index in [0.29, 0.717) is 5.92 Å². The lowest BCUT2D eigenvalue weighted by atomic mass is 9.97. The van der Waals surface area contributed by atoms with Gasteiger partial charge in [0, 0.05) is 6.54 Å². The number of nitrogens with zero attached hydrogens (tertiary/aromatic N) is 1. The summed E-state index contributed by atoms with van der Waals surface area (Å²) in [5.74, 6) is 0.508. The van der Waals surface area contributed by atoms with E-state index in [1.165, 1.54) is 0 Å². The third-order valence-corrected chi connectivity index (χ3v) is 3.84. The number of hydrogen-bond acceptors (Lipinski definition) is 3. The number of hydrogen-bond donors (Lipinski definition) is 2. The lowest BCUT2D eigenvalue weighted by Crippen LogP contribution is -2.40. The molecule has 1 fully saturated rings. The molecule has 0 aliphatic carbocycles. The minimum Gasteiger partial charge on any atom is -0.354 e. The van der Waals surface area contributed by atoms with Crippen molar-refractivity contribution < 1.29 is 4.79 Å². The number of rotatable bonds is 4. The second-order valence-electron chi connectivity index (χ2n) is 5.38. The summed E-state index contributed by atoms with van der Waals surface area (Å²) in [5.41, 5.74) is 6.82. The number of amides is 1. The van der Waals surface area contributed by atoms with Crippen molar-refractivity contribution in [2.24, 2.45) is 11.7 Å². The van der Waals surface area contributed by atoms with Crippen molar-refractivity contribution in [3.8, 4) is 0 Å². The summed E-state index contributed by atoms with van der Waals surface area (Å²) in [6, 6.07) is 8.94. The normalized spacial score (nSPS) is 17.2. The van der Waals surface area contributed by atoms with Crippen molar-refractivity contribution in [2.75, 3.05) is 26.7 Å². The van der Waals surface area contributed by atoms with E-state index in [1.54, 1.807) is 0 Å². The minimum atomic E-state index is -0.563. The Hall–Kier alpha value is -0.810. The van der Waals surface area contributed by atoms with Crippen LogP contribution in [0.2, 0.25) is 0 Å². The Morgan fingerprint density at radius 3 is 2.43 bits per heavy atom. The van der Waals surface area contributed by atoms with E-state index in [9.17, 15) is 4.79 Å². The lowest BCUT2D eigenvalue weighted by Gasteiger charge is -2.29. The third-order valence-electron chi connectivity index (χ3n) is 3.84. The van der Waals surface area contributed by atoms with Gasteiger partial charge in [-0.1, -0.05) is 30.3 Å². The quantitative estimate of drug-likeness (QED) is 0.885. The molecule has 1 heterocycles. The first-order valence-electron chi connectivity index (χ1n) is 6.93.